The van der Waals surface area contributed by atoms with E-state index in [9.17, 15) is 9.59 Å². The monoisotopic (exact) mass is 369 g/mol. The summed E-state index contributed by atoms with van der Waals surface area (Å²) in [6, 6.07) is 11.9. The van der Waals surface area contributed by atoms with Gasteiger partial charge in [0.1, 0.15) is 11.7 Å². The fourth-order valence-electron chi connectivity index (χ4n) is 2.98. The van der Waals surface area contributed by atoms with Gasteiger partial charge in [0.2, 0.25) is 0 Å². The first kappa shape index (κ1) is 18.2. The Hall–Kier alpha value is -3.55. The predicted molar refractivity (Wildman–Crippen MR) is 98.0 cm³/mol. The van der Waals surface area contributed by atoms with Crippen LogP contribution in [0, 0.1) is 0 Å². The molecular formula is C19H19N3O5. The highest BCUT2D eigenvalue weighted by Gasteiger charge is 2.36. The third kappa shape index (κ3) is 3.69. The number of ether oxygens (including phenoxy) is 3. The van der Waals surface area contributed by atoms with E-state index < -0.39 is 18.1 Å². The molecule has 0 bridgehead atoms. The standard InChI is InChI=1S/C19H19N3O5/c1-25-14-9-8-12-15(27-18(23)16(12)17(14)26-2)10-13(21-22-19(20)24)11-6-4-3-5-7-11/h3-9,15H,10H2,1-2H3,(H3,20,22,24)/b21-13-/t15-/m1/s1. The molecule has 1 heterocycles. The number of carbonyl (C=O) groups is 2. The SMILES string of the molecule is COc1ccc2c(c1OC)C(=O)O[C@@H]2C/C(=N/NC(N)=O)c1ccccc1. The average Bonchev–Trinajstić information content (AvgIpc) is 3.00. The molecular weight excluding hydrogens is 350 g/mol. The predicted octanol–water partition coefficient (Wildman–Crippen LogP) is 2.38. The zero-order valence-corrected chi connectivity index (χ0v) is 14.9. The number of primary amides is 1. The Morgan fingerprint density at radius 3 is 2.56 bits per heavy atom. The van der Waals surface area contributed by atoms with E-state index in [-0.39, 0.29) is 6.42 Å². The van der Waals surface area contributed by atoms with Crippen molar-refractivity contribution in [1.29, 1.82) is 0 Å². The molecule has 8 nitrogen and oxygen atoms in total. The van der Waals surface area contributed by atoms with Crippen molar-refractivity contribution in [3.63, 3.8) is 0 Å². The zero-order chi connectivity index (χ0) is 19.4. The van der Waals surface area contributed by atoms with Crippen LogP contribution in [0.1, 0.15) is 34.0 Å². The second-order valence-electron chi connectivity index (χ2n) is 5.76. The summed E-state index contributed by atoms with van der Waals surface area (Å²) in [6.07, 6.45) is -0.334. The Balaban J connectivity index is 1.97. The van der Waals surface area contributed by atoms with Crippen LogP contribution in [-0.4, -0.2) is 31.9 Å². The molecule has 0 aliphatic carbocycles. The summed E-state index contributed by atoms with van der Waals surface area (Å²) in [6.45, 7) is 0. The van der Waals surface area contributed by atoms with E-state index in [1.165, 1.54) is 14.2 Å². The number of nitrogens with one attached hydrogen (secondary N) is 1. The van der Waals surface area contributed by atoms with Crippen LogP contribution in [0.2, 0.25) is 0 Å². The van der Waals surface area contributed by atoms with Gasteiger partial charge in [-0.1, -0.05) is 36.4 Å². The van der Waals surface area contributed by atoms with Gasteiger partial charge in [0.25, 0.3) is 0 Å². The second-order valence-corrected chi connectivity index (χ2v) is 5.76. The lowest BCUT2D eigenvalue weighted by atomic mass is 9.97. The van der Waals surface area contributed by atoms with Gasteiger partial charge in [-0.15, -0.1) is 0 Å². The molecule has 8 heteroatoms. The number of fused-ring (bicyclic) bond motifs is 1. The van der Waals surface area contributed by atoms with Crippen LogP contribution in [0.5, 0.6) is 11.5 Å². The zero-order valence-electron chi connectivity index (χ0n) is 14.9. The molecule has 0 saturated heterocycles. The third-order valence-corrected chi connectivity index (χ3v) is 4.16. The normalized spacial score (nSPS) is 15.7. The van der Waals surface area contributed by atoms with Gasteiger partial charge in [-0.05, 0) is 11.6 Å². The number of urea groups is 1. The van der Waals surface area contributed by atoms with E-state index >= 15 is 0 Å². The molecule has 2 aromatic carbocycles. The topological polar surface area (TPSA) is 112 Å². The van der Waals surface area contributed by atoms with Crippen molar-refractivity contribution in [3.05, 3.63) is 59.2 Å². The summed E-state index contributed by atoms with van der Waals surface area (Å²) >= 11 is 0. The van der Waals surface area contributed by atoms with Crippen LogP contribution in [0.25, 0.3) is 0 Å². The minimum atomic E-state index is -0.779. The Morgan fingerprint density at radius 2 is 1.93 bits per heavy atom. The van der Waals surface area contributed by atoms with Gasteiger partial charge in [0.15, 0.2) is 11.5 Å². The number of nitrogens with zero attached hydrogens (tertiary/aromatic N) is 1. The van der Waals surface area contributed by atoms with Crippen molar-refractivity contribution in [2.75, 3.05) is 14.2 Å². The molecule has 27 heavy (non-hydrogen) atoms. The van der Waals surface area contributed by atoms with Crippen molar-refractivity contribution < 1.29 is 23.8 Å². The van der Waals surface area contributed by atoms with Gasteiger partial charge < -0.3 is 19.9 Å². The number of esters is 1. The summed E-state index contributed by atoms with van der Waals surface area (Å²) in [5, 5.41) is 4.08. The van der Waals surface area contributed by atoms with E-state index in [1.807, 2.05) is 30.3 Å². The number of benzene rings is 2. The highest BCUT2D eigenvalue weighted by Crippen LogP contribution is 2.43. The number of amides is 2. The molecule has 1 aliphatic rings. The largest absolute Gasteiger partial charge is 0.493 e. The molecule has 2 amide bonds. The molecule has 0 fully saturated rings. The Kier molecular flexibility index (Phi) is 5.25. The first-order valence-electron chi connectivity index (χ1n) is 8.18. The van der Waals surface area contributed by atoms with Crippen molar-refractivity contribution in [3.8, 4) is 11.5 Å². The van der Waals surface area contributed by atoms with Crippen LogP contribution < -0.4 is 20.6 Å². The number of cyclic esters (lactones) is 1. The number of nitrogens with two attached hydrogens (primary N) is 1. The first-order valence-corrected chi connectivity index (χ1v) is 8.18. The smallest absolute Gasteiger partial charge is 0.343 e. The molecule has 1 aliphatic heterocycles. The van der Waals surface area contributed by atoms with Crippen LogP contribution >= 0.6 is 0 Å². The van der Waals surface area contributed by atoms with Gasteiger partial charge in [-0.3, -0.25) is 0 Å². The molecule has 2 aromatic rings. The number of methoxy groups -OCH3 is 2. The molecule has 3 rings (SSSR count). The maximum Gasteiger partial charge on any atom is 0.343 e. The quantitative estimate of drug-likeness (QED) is 0.461. The molecule has 3 N–H and O–H groups in total. The fraction of sp³-hybridized carbons (Fsp3) is 0.211. The van der Waals surface area contributed by atoms with E-state index in [1.54, 1.807) is 12.1 Å². The maximum absolute atomic E-state index is 12.4. The van der Waals surface area contributed by atoms with Crippen molar-refractivity contribution >= 4 is 17.7 Å². The molecule has 0 radical (unpaired) electrons. The Morgan fingerprint density at radius 1 is 1.19 bits per heavy atom. The fourth-order valence-corrected chi connectivity index (χ4v) is 2.98. The van der Waals surface area contributed by atoms with Crippen molar-refractivity contribution in [1.82, 2.24) is 5.43 Å². The molecule has 0 spiro atoms. The van der Waals surface area contributed by atoms with E-state index in [2.05, 4.69) is 10.5 Å². The van der Waals surface area contributed by atoms with E-state index in [4.69, 9.17) is 19.9 Å². The lowest BCUT2D eigenvalue weighted by Gasteiger charge is -2.14. The Labute approximate surface area is 155 Å². The van der Waals surface area contributed by atoms with Crippen LogP contribution in [0.15, 0.2) is 47.6 Å². The number of rotatable bonds is 6. The van der Waals surface area contributed by atoms with Crippen LogP contribution in [0.3, 0.4) is 0 Å². The molecule has 0 unspecified atom stereocenters. The van der Waals surface area contributed by atoms with E-state index in [0.29, 0.717) is 28.3 Å². The minimum Gasteiger partial charge on any atom is -0.493 e. The summed E-state index contributed by atoms with van der Waals surface area (Å²) < 4.78 is 16.1. The third-order valence-electron chi connectivity index (χ3n) is 4.16. The first-order chi connectivity index (χ1) is 13.0. The second kappa shape index (κ2) is 7.77. The highest BCUT2D eigenvalue weighted by molar-refractivity contribution is 6.03. The summed E-state index contributed by atoms with van der Waals surface area (Å²) in [5.74, 6) is 0.276. The summed E-state index contributed by atoms with van der Waals surface area (Å²) in [7, 11) is 2.96. The number of hydrogen-bond acceptors (Lipinski definition) is 6. The lowest BCUT2D eigenvalue weighted by molar-refractivity contribution is 0.0398. The highest BCUT2D eigenvalue weighted by atomic mass is 16.6. The van der Waals surface area contributed by atoms with Crippen LogP contribution in [0.4, 0.5) is 4.79 Å². The van der Waals surface area contributed by atoms with Crippen molar-refractivity contribution in [2.45, 2.75) is 12.5 Å². The summed E-state index contributed by atoms with van der Waals surface area (Å²) in [5.41, 5.74) is 9.65. The van der Waals surface area contributed by atoms with Gasteiger partial charge in [0.05, 0.1) is 19.9 Å². The van der Waals surface area contributed by atoms with Gasteiger partial charge >= 0.3 is 12.0 Å². The number of carbonyl (C=O) groups excluding carboxylic acids is 2. The van der Waals surface area contributed by atoms with Crippen LogP contribution in [-0.2, 0) is 4.74 Å². The average molecular weight is 369 g/mol. The van der Waals surface area contributed by atoms with Crippen molar-refractivity contribution in [2.24, 2.45) is 10.8 Å². The molecule has 0 aromatic heterocycles. The number of hydrogen-bond donors (Lipinski definition) is 2. The molecule has 1 atom stereocenters. The lowest BCUT2D eigenvalue weighted by Crippen LogP contribution is -2.26. The van der Waals surface area contributed by atoms with Gasteiger partial charge in [-0.25, -0.2) is 15.0 Å². The van der Waals surface area contributed by atoms with Gasteiger partial charge in [0, 0.05) is 12.0 Å². The maximum atomic E-state index is 12.4. The van der Waals surface area contributed by atoms with E-state index in [0.717, 1.165) is 5.56 Å². The van der Waals surface area contributed by atoms with Gasteiger partial charge in [-0.2, -0.15) is 5.10 Å². The molecule has 140 valence electrons. The minimum absolute atomic E-state index is 0.249. The Bertz CT molecular complexity index is 896. The molecule has 0 saturated carbocycles. The number of hydrazone groups is 1. The summed E-state index contributed by atoms with van der Waals surface area (Å²) in [4.78, 5) is 23.5.